The molecule has 0 saturated heterocycles. The van der Waals surface area contributed by atoms with Crippen molar-refractivity contribution in [3.05, 3.63) is 31.3 Å². The van der Waals surface area contributed by atoms with Crippen LogP contribution in [0, 0.1) is 0 Å². The SMILES string of the molecule is C1=c2c3c(c4c(c2=C[PH2+]1)=C[PH2+]C=4)=C[PH2+]C=3. The fraction of sp³-hybridized carbons (Fsp3) is 0. The van der Waals surface area contributed by atoms with Crippen molar-refractivity contribution in [2.45, 2.75) is 0 Å². The smallest absolute Gasteiger partial charge is 0.0319 e. The summed E-state index contributed by atoms with van der Waals surface area (Å²) in [5.74, 6) is 14.9. The molecule has 0 bridgehead atoms. The summed E-state index contributed by atoms with van der Waals surface area (Å²) in [6.07, 6.45) is 0. The fourth-order valence-electron chi connectivity index (χ4n) is 2.67. The van der Waals surface area contributed by atoms with Crippen LogP contribution in [0.4, 0.5) is 0 Å². The molecule has 1 aromatic carbocycles. The molecule has 3 aliphatic heterocycles. The zero-order valence-electron chi connectivity index (χ0n) is 8.20. The van der Waals surface area contributed by atoms with Crippen LogP contribution in [0.3, 0.4) is 0 Å². The summed E-state index contributed by atoms with van der Waals surface area (Å²) >= 11 is 0. The minimum Gasteiger partial charge on any atom is 0.0319 e. The molecular weight excluding hydrogens is 237 g/mol. The van der Waals surface area contributed by atoms with Crippen molar-refractivity contribution >= 4 is 60.6 Å². The van der Waals surface area contributed by atoms with Gasteiger partial charge in [0, 0.05) is 57.1 Å². The van der Waals surface area contributed by atoms with E-state index in [1.165, 1.54) is 0 Å². The minimum atomic E-state index is 0.423. The van der Waals surface area contributed by atoms with Gasteiger partial charge in [-0.25, -0.2) is 0 Å². The van der Waals surface area contributed by atoms with Crippen molar-refractivity contribution < 1.29 is 0 Å². The minimum absolute atomic E-state index is 0.423. The molecule has 0 aliphatic carbocycles. The highest BCUT2D eigenvalue weighted by atomic mass is 31.1. The third-order valence-corrected chi connectivity index (χ3v) is 6.47. The van der Waals surface area contributed by atoms with Crippen LogP contribution in [0.15, 0.2) is 0 Å². The summed E-state index contributed by atoms with van der Waals surface area (Å²) in [6, 6.07) is 0. The maximum Gasteiger partial charge on any atom is 0.0671 e. The average Bonchev–Trinajstić information content (AvgIpc) is 2.97. The molecule has 0 nitrogen and oxygen atoms in total. The molecule has 0 atom stereocenters. The van der Waals surface area contributed by atoms with Crippen LogP contribution in [-0.2, 0) is 0 Å². The van der Waals surface area contributed by atoms with Crippen molar-refractivity contribution in [3.63, 3.8) is 0 Å². The lowest BCUT2D eigenvalue weighted by Gasteiger charge is -1.86. The van der Waals surface area contributed by atoms with E-state index < -0.39 is 0 Å². The number of rotatable bonds is 0. The number of fused-ring (bicyclic) bond motifs is 6. The molecule has 3 aliphatic rings. The second kappa shape index (κ2) is 3.11. The van der Waals surface area contributed by atoms with Gasteiger partial charge in [0.25, 0.3) is 0 Å². The molecule has 0 saturated carbocycles. The third-order valence-electron chi connectivity index (χ3n) is 3.32. The van der Waals surface area contributed by atoms with Crippen molar-refractivity contribution in [3.8, 4) is 0 Å². The molecule has 4 rings (SSSR count). The molecule has 0 radical (unpaired) electrons. The summed E-state index contributed by atoms with van der Waals surface area (Å²) in [5.41, 5.74) is 0. The predicted octanol–water partition coefficient (Wildman–Crippen LogP) is -1.61. The van der Waals surface area contributed by atoms with Gasteiger partial charge in [-0.05, 0) is 0 Å². The van der Waals surface area contributed by atoms with Crippen LogP contribution in [0.2, 0.25) is 0 Å². The lowest BCUT2D eigenvalue weighted by molar-refractivity contribution is 1.34. The van der Waals surface area contributed by atoms with E-state index in [0.29, 0.717) is 25.7 Å². The van der Waals surface area contributed by atoms with Crippen molar-refractivity contribution in [1.29, 1.82) is 0 Å². The molecule has 0 aromatic heterocycles. The molecular formula is C12H12P3+3. The molecule has 0 unspecified atom stereocenters. The largest absolute Gasteiger partial charge is 0.0671 e. The van der Waals surface area contributed by atoms with Crippen LogP contribution in [0.5, 0.6) is 0 Å². The van der Waals surface area contributed by atoms with E-state index in [0.717, 1.165) is 0 Å². The van der Waals surface area contributed by atoms with E-state index in [2.05, 4.69) is 34.9 Å². The maximum atomic E-state index is 2.48. The van der Waals surface area contributed by atoms with Gasteiger partial charge in [0.2, 0.25) is 0 Å². The molecule has 1 aromatic rings. The maximum absolute atomic E-state index is 2.48. The molecule has 72 valence electrons. The van der Waals surface area contributed by atoms with Crippen LogP contribution < -0.4 is 31.3 Å². The monoisotopic (exact) mass is 249 g/mol. The van der Waals surface area contributed by atoms with Crippen LogP contribution >= 0.6 is 25.7 Å². The number of hydrogen-bond donors (Lipinski definition) is 0. The Morgan fingerprint density at radius 3 is 0.800 bits per heavy atom. The summed E-state index contributed by atoms with van der Waals surface area (Å²) in [6.45, 7) is 0. The van der Waals surface area contributed by atoms with Crippen LogP contribution in [0.25, 0.3) is 34.9 Å². The predicted molar refractivity (Wildman–Crippen MR) is 80.1 cm³/mol. The highest BCUT2D eigenvalue weighted by Gasteiger charge is 2.13. The van der Waals surface area contributed by atoms with Crippen molar-refractivity contribution in [2.75, 3.05) is 0 Å². The fourth-order valence-corrected chi connectivity index (χ4v) is 6.27. The van der Waals surface area contributed by atoms with Gasteiger partial charge in [-0.15, -0.1) is 0 Å². The van der Waals surface area contributed by atoms with E-state index >= 15 is 0 Å². The lowest BCUT2D eigenvalue weighted by atomic mass is 10.1. The molecule has 3 heteroatoms. The first-order chi connectivity index (χ1) is 7.45. The zero-order valence-corrected chi connectivity index (χ0v) is 11.7. The molecule has 15 heavy (non-hydrogen) atoms. The Balaban J connectivity index is 2.61. The first kappa shape index (κ1) is 8.83. The topological polar surface area (TPSA) is 0 Å². The summed E-state index contributed by atoms with van der Waals surface area (Å²) in [4.78, 5) is 0. The van der Waals surface area contributed by atoms with Crippen LogP contribution in [-0.4, -0.2) is 0 Å². The first-order valence-corrected chi connectivity index (χ1v) is 9.23. The molecule has 0 N–H and O–H groups in total. The Kier molecular flexibility index (Phi) is 1.83. The molecule has 0 amide bonds. The van der Waals surface area contributed by atoms with Gasteiger partial charge in [0.1, 0.15) is 0 Å². The standard InChI is InChI=1S/C12H9P3/c1-7-8(2-13-1)10-4-15-6-12(10)11-5-14-3-9(7)11/h1-6,13-15H/p+3. The van der Waals surface area contributed by atoms with E-state index in [9.17, 15) is 0 Å². The second-order valence-electron chi connectivity index (χ2n) is 4.06. The van der Waals surface area contributed by atoms with Gasteiger partial charge in [-0.3, -0.25) is 0 Å². The quantitative estimate of drug-likeness (QED) is 0.485. The Morgan fingerprint density at radius 2 is 0.600 bits per heavy atom. The second-order valence-corrected chi connectivity index (χ2v) is 7.21. The van der Waals surface area contributed by atoms with Gasteiger partial charge in [-0.1, -0.05) is 0 Å². The molecule has 0 fully saturated rings. The highest BCUT2D eigenvalue weighted by Crippen LogP contribution is 2.18. The van der Waals surface area contributed by atoms with E-state index in [1.54, 1.807) is 31.3 Å². The van der Waals surface area contributed by atoms with Gasteiger partial charge in [-0.2, -0.15) is 0 Å². The first-order valence-electron chi connectivity index (χ1n) is 5.23. The van der Waals surface area contributed by atoms with E-state index in [1.807, 2.05) is 0 Å². The third kappa shape index (κ3) is 1.08. The van der Waals surface area contributed by atoms with Crippen LogP contribution in [0.1, 0.15) is 0 Å². The van der Waals surface area contributed by atoms with Gasteiger partial charge in [0.05, 0.1) is 34.9 Å². The van der Waals surface area contributed by atoms with E-state index in [-0.39, 0.29) is 0 Å². The Bertz CT molecular complexity index is 608. The highest BCUT2D eigenvalue weighted by molar-refractivity contribution is 7.57. The number of benzene rings is 1. The average molecular weight is 249 g/mol. The summed E-state index contributed by atoms with van der Waals surface area (Å²) in [5, 5.41) is 9.37. The van der Waals surface area contributed by atoms with Gasteiger partial charge >= 0.3 is 0 Å². The number of hydrogen-bond acceptors (Lipinski definition) is 0. The zero-order chi connectivity index (χ0) is 9.83. The normalized spacial score (nSPS) is 23.2. The van der Waals surface area contributed by atoms with E-state index in [4.69, 9.17) is 0 Å². The van der Waals surface area contributed by atoms with Gasteiger partial charge in [0.15, 0.2) is 0 Å². The Labute approximate surface area is 92.2 Å². The van der Waals surface area contributed by atoms with Gasteiger partial charge < -0.3 is 0 Å². The molecule has 3 heterocycles. The Hall–Kier alpha value is -0.270. The lowest BCUT2D eigenvalue weighted by Crippen LogP contribution is -2.62. The molecule has 0 spiro atoms. The summed E-state index contributed by atoms with van der Waals surface area (Å²) in [7, 11) is 1.27. The van der Waals surface area contributed by atoms with Crippen molar-refractivity contribution in [2.24, 2.45) is 0 Å². The Morgan fingerprint density at radius 1 is 0.400 bits per heavy atom. The summed E-state index contributed by atoms with van der Waals surface area (Å²) < 4.78 is 0. The van der Waals surface area contributed by atoms with Crippen molar-refractivity contribution in [1.82, 2.24) is 0 Å².